The maximum absolute atomic E-state index is 15.0. The number of ketones is 1. The van der Waals surface area contributed by atoms with Gasteiger partial charge >= 0.3 is 0 Å². The van der Waals surface area contributed by atoms with Gasteiger partial charge in [-0.3, -0.25) is 9.78 Å². The molecule has 0 unspecified atom stereocenters. The number of ether oxygens (including phenoxy) is 2. The predicted octanol–water partition coefficient (Wildman–Crippen LogP) is 4.07. The number of pyridine rings is 1. The van der Waals surface area contributed by atoms with Crippen molar-refractivity contribution in [2.75, 3.05) is 12.9 Å². The molecule has 1 aliphatic rings. The second kappa shape index (κ2) is 8.11. The molecule has 0 spiro atoms. The van der Waals surface area contributed by atoms with Crippen LogP contribution < -0.4 is 9.47 Å². The number of aromatic nitrogens is 1. The van der Waals surface area contributed by atoms with Crippen LogP contribution in [0, 0.1) is 12.7 Å². The second-order valence-electron chi connectivity index (χ2n) is 7.33. The Labute approximate surface area is 179 Å². The molecule has 0 aliphatic carbocycles. The van der Waals surface area contributed by atoms with Gasteiger partial charge in [0.05, 0.1) is 17.1 Å². The minimum Gasteiger partial charge on any atom is -0.492 e. The molecule has 2 aromatic carbocycles. The highest BCUT2D eigenvalue weighted by Crippen LogP contribution is 2.40. The van der Waals surface area contributed by atoms with Crippen molar-refractivity contribution in [1.29, 1.82) is 0 Å². The average molecular weight is 441 g/mol. The van der Waals surface area contributed by atoms with Crippen LogP contribution in [0.15, 0.2) is 59.8 Å². The summed E-state index contributed by atoms with van der Waals surface area (Å²) in [5, 5.41) is 0. The van der Waals surface area contributed by atoms with Crippen LogP contribution in [0.4, 0.5) is 4.39 Å². The Kier molecular flexibility index (Phi) is 5.49. The largest absolute Gasteiger partial charge is 0.492 e. The first kappa shape index (κ1) is 21.0. The highest BCUT2D eigenvalue weighted by atomic mass is 32.2. The maximum Gasteiger partial charge on any atom is 0.175 e. The molecule has 1 aliphatic heterocycles. The third-order valence-electron chi connectivity index (χ3n) is 5.12. The first-order chi connectivity index (χ1) is 14.8. The third kappa shape index (κ3) is 4.16. The number of hydrogen-bond donors (Lipinski definition) is 0. The lowest BCUT2D eigenvalue weighted by Gasteiger charge is -2.25. The maximum atomic E-state index is 15.0. The number of benzene rings is 2. The van der Waals surface area contributed by atoms with Crippen molar-refractivity contribution in [3.63, 3.8) is 0 Å². The van der Waals surface area contributed by atoms with Crippen molar-refractivity contribution in [2.45, 2.75) is 24.3 Å². The molecule has 3 aromatic rings. The van der Waals surface area contributed by atoms with E-state index in [2.05, 4.69) is 4.98 Å². The van der Waals surface area contributed by atoms with Crippen LogP contribution in [0.1, 0.15) is 39.6 Å². The summed E-state index contributed by atoms with van der Waals surface area (Å²) in [7, 11) is -3.45. The molecular formula is C23H20FNO5S. The summed E-state index contributed by atoms with van der Waals surface area (Å²) >= 11 is 0. The van der Waals surface area contributed by atoms with E-state index in [1.807, 2.05) is 0 Å². The van der Waals surface area contributed by atoms with Crippen LogP contribution in [-0.4, -0.2) is 32.0 Å². The van der Waals surface area contributed by atoms with Gasteiger partial charge in [0.25, 0.3) is 0 Å². The summed E-state index contributed by atoms with van der Waals surface area (Å²) in [6.07, 6.45) is 3.66. The smallest absolute Gasteiger partial charge is 0.175 e. The van der Waals surface area contributed by atoms with E-state index in [-0.39, 0.29) is 35.0 Å². The van der Waals surface area contributed by atoms with Gasteiger partial charge in [0.1, 0.15) is 11.9 Å². The number of hydrogen-bond acceptors (Lipinski definition) is 6. The van der Waals surface area contributed by atoms with Crippen molar-refractivity contribution in [2.24, 2.45) is 0 Å². The van der Waals surface area contributed by atoms with Gasteiger partial charge in [0.15, 0.2) is 27.2 Å². The lowest BCUT2D eigenvalue weighted by atomic mass is 9.99. The van der Waals surface area contributed by atoms with Crippen molar-refractivity contribution in [3.8, 4) is 11.5 Å². The number of Topliss-reactive ketones (excluding diaryl/α,β-unsaturated/α-hetero) is 1. The number of halogens is 1. The first-order valence-corrected chi connectivity index (χ1v) is 11.5. The zero-order valence-corrected chi connectivity index (χ0v) is 17.8. The molecule has 0 fully saturated rings. The number of nitrogens with zero attached hydrogens (tertiary/aromatic N) is 1. The van der Waals surface area contributed by atoms with E-state index in [9.17, 15) is 13.2 Å². The van der Waals surface area contributed by atoms with Gasteiger partial charge in [-0.25, -0.2) is 12.8 Å². The average Bonchev–Trinajstić information content (AvgIpc) is 2.75. The summed E-state index contributed by atoms with van der Waals surface area (Å²) in [5.41, 5.74) is 1.77. The van der Waals surface area contributed by atoms with E-state index < -0.39 is 21.8 Å². The Morgan fingerprint density at radius 2 is 1.87 bits per heavy atom. The fourth-order valence-electron chi connectivity index (χ4n) is 3.55. The molecular weight excluding hydrogens is 421 g/mol. The fraction of sp³-hybridized carbons (Fsp3) is 0.217. The van der Waals surface area contributed by atoms with Crippen LogP contribution in [0.5, 0.6) is 11.5 Å². The third-order valence-corrected chi connectivity index (χ3v) is 6.23. The number of rotatable bonds is 5. The molecule has 0 saturated heterocycles. The summed E-state index contributed by atoms with van der Waals surface area (Å²) in [6, 6.07) is 10.9. The Morgan fingerprint density at radius 3 is 2.58 bits per heavy atom. The van der Waals surface area contributed by atoms with Gasteiger partial charge in [0.2, 0.25) is 0 Å². The Balaban J connectivity index is 1.83. The van der Waals surface area contributed by atoms with E-state index >= 15 is 4.39 Å². The van der Waals surface area contributed by atoms with Crippen LogP contribution in [0.3, 0.4) is 0 Å². The van der Waals surface area contributed by atoms with E-state index in [1.165, 1.54) is 12.1 Å². The molecule has 0 bridgehead atoms. The van der Waals surface area contributed by atoms with E-state index in [4.69, 9.17) is 9.47 Å². The fourth-order valence-corrected chi connectivity index (χ4v) is 4.23. The van der Waals surface area contributed by atoms with Gasteiger partial charge in [-0.15, -0.1) is 0 Å². The summed E-state index contributed by atoms with van der Waals surface area (Å²) in [6.45, 7) is 1.86. The van der Waals surface area contributed by atoms with Crippen LogP contribution in [0.2, 0.25) is 0 Å². The number of sulfone groups is 1. The number of carbonyl (C=O) groups excluding carboxylic acids is 1. The minimum atomic E-state index is -3.45. The van der Waals surface area contributed by atoms with Gasteiger partial charge in [0, 0.05) is 30.6 Å². The molecule has 31 heavy (non-hydrogen) atoms. The molecule has 0 radical (unpaired) electrons. The second-order valence-corrected chi connectivity index (χ2v) is 9.35. The number of fused-ring (bicyclic) bond motifs is 1. The van der Waals surface area contributed by atoms with Gasteiger partial charge in [-0.05, 0) is 48.4 Å². The van der Waals surface area contributed by atoms with Crippen molar-refractivity contribution in [1.82, 2.24) is 4.98 Å². The Hall–Kier alpha value is -3.26. The Morgan fingerprint density at radius 1 is 1.13 bits per heavy atom. The van der Waals surface area contributed by atoms with E-state index in [0.29, 0.717) is 22.4 Å². The molecule has 0 amide bonds. The molecule has 0 N–H and O–H groups in total. The predicted molar refractivity (Wildman–Crippen MR) is 112 cm³/mol. The van der Waals surface area contributed by atoms with Crippen molar-refractivity contribution < 1.29 is 27.1 Å². The SMILES string of the molecule is Cc1c(O[C@H](c2ccncc2)c2cccc(S(C)(=O)=O)c2)c(F)cc2c1OCCC2=O. The molecule has 160 valence electrons. The minimum absolute atomic E-state index is 0.0555. The molecule has 1 aromatic heterocycles. The summed E-state index contributed by atoms with van der Waals surface area (Å²) < 4.78 is 50.9. The quantitative estimate of drug-likeness (QED) is 0.594. The summed E-state index contributed by atoms with van der Waals surface area (Å²) in [4.78, 5) is 16.3. The van der Waals surface area contributed by atoms with Crippen LogP contribution in [-0.2, 0) is 9.84 Å². The lowest BCUT2D eigenvalue weighted by Crippen LogP contribution is -2.18. The zero-order chi connectivity index (χ0) is 22.2. The van der Waals surface area contributed by atoms with Gasteiger partial charge in [-0.1, -0.05) is 12.1 Å². The first-order valence-electron chi connectivity index (χ1n) is 9.61. The zero-order valence-electron chi connectivity index (χ0n) is 17.0. The molecule has 8 heteroatoms. The van der Waals surface area contributed by atoms with Gasteiger partial charge < -0.3 is 9.47 Å². The molecule has 6 nitrogen and oxygen atoms in total. The summed E-state index contributed by atoms with van der Waals surface area (Å²) in [5.74, 6) is -0.610. The molecule has 0 saturated carbocycles. The monoisotopic (exact) mass is 441 g/mol. The normalized spacial score (nSPS) is 14.5. The van der Waals surface area contributed by atoms with E-state index in [0.717, 1.165) is 12.3 Å². The highest BCUT2D eigenvalue weighted by molar-refractivity contribution is 7.90. The van der Waals surface area contributed by atoms with Crippen molar-refractivity contribution >= 4 is 15.6 Å². The highest BCUT2D eigenvalue weighted by Gasteiger charge is 2.28. The molecule has 4 rings (SSSR count). The molecule has 1 atom stereocenters. The number of carbonyl (C=O) groups is 1. The topological polar surface area (TPSA) is 82.6 Å². The molecule has 2 heterocycles. The van der Waals surface area contributed by atoms with Crippen molar-refractivity contribution in [3.05, 3.63) is 82.9 Å². The lowest BCUT2D eigenvalue weighted by molar-refractivity contribution is 0.0931. The van der Waals surface area contributed by atoms with Crippen LogP contribution >= 0.6 is 0 Å². The standard InChI is InChI=1S/C23H20FNO5S/c1-14-21-18(20(26)8-11-29-21)13-19(24)22(14)30-23(15-6-9-25-10-7-15)16-4-3-5-17(12-16)31(2,27)28/h3-7,9-10,12-13,23H,8,11H2,1-2H3/t23-/m1/s1. The van der Waals surface area contributed by atoms with Gasteiger partial charge in [-0.2, -0.15) is 0 Å². The Bertz CT molecular complexity index is 1260. The van der Waals surface area contributed by atoms with Crippen LogP contribution in [0.25, 0.3) is 0 Å². The van der Waals surface area contributed by atoms with E-state index in [1.54, 1.807) is 43.6 Å².